The number of likely N-dealkylation sites (N-methyl/N-ethyl adjacent to an activating group) is 1. The topological polar surface area (TPSA) is 70.2 Å². The zero-order valence-electron chi connectivity index (χ0n) is 15.8. The third-order valence-electron chi connectivity index (χ3n) is 4.21. The normalized spacial score (nSPS) is 11.2. The molecule has 0 unspecified atom stereocenters. The molecule has 1 heterocycles. The van der Waals surface area contributed by atoms with E-state index in [0.717, 1.165) is 31.1 Å². The molecule has 0 aliphatic heterocycles. The lowest BCUT2D eigenvalue weighted by Crippen LogP contribution is -2.27. The molecule has 6 nitrogen and oxygen atoms in total. The summed E-state index contributed by atoms with van der Waals surface area (Å²) in [6, 6.07) is 7.37. The Kier molecular flexibility index (Phi) is 7.66. The van der Waals surface area contributed by atoms with Crippen molar-refractivity contribution in [2.24, 2.45) is 0 Å². The van der Waals surface area contributed by atoms with Crippen LogP contribution in [0.5, 0.6) is 5.75 Å². The second-order valence-corrected chi connectivity index (χ2v) is 7.10. The van der Waals surface area contributed by atoms with Gasteiger partial charge in [0.15, 0.2) is 5.69 Å². The van der Waals surface area contributed by atoms with Crippen LogP contribution >= 0.6 is 15.9 Å². The maximum atomic E-state index is 12.4. The highest BCUT2D eigenvalue weighted by molar-refractivity contribution is 9.10. The molecule has 1 amide bonds. The monoisotopic (exact) mass is 422 g/mol. The Morgan fingerprint density at radius 2 is 1.92 bits per heavy atom. The first-order valence-electron chi connectivity index (χ1n) is 8.96. The quantitative estimate of drug-likeness (QED) is 0.632. The highest BCUT2D eigenvalue weighted by Crippen LogP contribution is 2.26. The molecule has 0 saturated heterocycles. The molecule has 0 fully saturated rings. The van der Waals surface area contributed by atoms with Crippen LogP contribution in [0.25, 0.3) is 0 Å². The van der Waals surface area contributed by atoms with Crippen LogP contribution in [0.1, 0.15) is 49.8 Å². The van der Waals surface area contributed by atoms with E-state index in [1.807, 2.05) is 38.1 Å². The van der Waals surface area contributed by atoms with Crippen molar-refractivity contribution in [2.75, 3.05) is 31.6 Å². The van der Waals surface area contributed by atoms with Gasteiger partial charge in [-0.3, -0.25) is 9.89 Å². The minimum atomic E-state index is -0.254. The maximum Gasteiger partial charge on any atom is 0.277 e. The number of carbonyl (C=O) groups excluding carboxylic acids is 1. The number of carbonyl (C=O) groups is 1. The maximum absolute atomic E-state index is 12.4. The third kappa shape index (κ3) is 5.32. The van der Waals surface area contributed by atoms with Gasteiger partial charge in [0.05, 0.1) is 10.2 Å². The summed E-state index contributed by atoms with van der Waals surface area (Å²) in [6.45, 7) is 11.9. The van der Waals surface area contributed by atoms with Crippen LogP contribution < -0.4 is 10.1 Å². The molecule has 0 spiro atoms. The van der Waals surface area contributed by atoms with Gasteiger partial charge in [0, 0.05) is 12.2 Å². The van der Waals surface area contributed by atoms with Crippen LogP contribution in [0, 0.1) is 0 Å². The molecule has 7 heteroatoms. The van der Waals surface area contributed by atoms with E-state index in [-0.39, 0.29) is 11.8 Å². The van der Waals surface area contributed by atoms with Crippen molar-refractivity contribution < 1.29 is 9.53 Å². The number of hydrogen-bond acceptors (Lipinski definition) is 4. The predicted molar refractivity (Wildman–Crippen MR) is 108 cm³/mol. The molecule has 0 saturated carbocycles. The third-order valence-corrected chi connectivity index (χ3v) is 5.01. The van der Waals surface area contributed by atoms with Gasteiger partial charge in [0.2, 0.25) is 0 Å². The fourth-order valence-corrected chi connectivity index (χ4v) is 3.35. The number of nitrogens with one attached hydrogen (secondary N) is 2. The number of rotatable bonds is 9. The van der Waals surface area contributed by atoms with Crippen molar-refractivity contribution in [3.05, 3.63) is 40.1 Å². The van der Waals surface area contributed by atoms with E-state index in [9.17, 15) is 4.79 Å². The minimum absolute atomic E-state index is 0.254. The molecule has 0 aliphatic rings. The van der Waals surface area contributed by atoms with Crippen LogP contribution in [0.15, 0.2) is 28.7 Å². The van der Waals surface area contributed by atoms with Crippen LogP contribution in [0.2, 0.25) is 0 Å². The smallest absolute Gasteiger partial charge is 0.277 e. The lowest BCUT2D eigenvalue weighted by atomic mass is 10.1. The van der Waals surface area contributed by atoms with Gasteiger partial charge in [-0.05, 0) is 59.2 Å². The number of H-pyrrole nitrogens is 1. The lowest BCUT2D eigenvalue weighted by Gasteiger charge is -2.18. The SMILES string of the molecule is CCN(CC)CCOc1ccc(NC(=O)c2n[nH]c(C(C)C)c2Br)cc1. The van der Waals surface area contributed by atoms with Gasteiger partial charge < -0.3 is 15.0 Å². The van der Waals surface area contributed by atoms with Crippen molar-refractivity contribution in [3.63, 3.8) is 0 Å². The number of hydrogen-bond donors (Lipinski definition) is 2. The number of halogens is 1. The molecule has 0 atom stereocenters. The fourth-order valence-electron chi connectivity index (χ4n) is 2.53. The zero-order chi connectivity index (χ0) is 19.1. The van der Waals surface area contributed by atoms with E-state index < -0.39 is 0 Å². The zero-order valence-corrected chi connectivity index (χ0v) is 17.4. The van der Waals surface area contributed by atoms with Gasteiger partial charge in [-0.25, -0.2) is 0 Å². The van der Waals surface area contributed by atoms with Crippen molar-refractivity contribution in [1.29, 1.82) is 0 Å². The number of nitrogens with zero attached hydrogens (tertiary/aromatic N) is 2. The molecule has 142 valence electrons. The Balaban J connectivity index is 1.91. The van der Waals surface area contributed by atoms with E-state index in [4.69, 9.17) is 4.74 Å². The highest BCUT2D eigenvalue weighted by Gasteiger charge is 2.19. The summed E-state index contributed by atoms with van der Waals surface area (Å²) >= 11 is 3.45. The molecule has 2 rings (SSSR count). The second kappa shape index (κ2) is 9.73. The summed E-state index contributed by atoms with van der Waals surface area (Å²) in [6.07, 6.45) is 0. The van der Waals surface area contributed by atoms with Gasteiger partial charge in [0.25, 0.3) is 5.91 Å². The summed E-state index contributed by atoms with van der Waals surface area (Å²) < 4.78 is 6.46. The van der Waals surface area contributed by atoms with Crippen molar-refractivity contribution in [1.82, 2.24) is 15.1 Å². The Morgan fingerprint density at radius 3 is 2.46 bits per heavy atom. The molecular formula is C19H27BrN4O2. The van der Waals surface area contributed by atoms with Gasteiger partial charge in [-0.15, -0.1) is 0 Å². The molecule has 2 aromatic rings. The number of aromatic nitrogens is 2. The summed E-state index contributed by atoms with van der Waals surface area (Å²) in [7, 11) is 0. The molecule has 2 N–H and O–H groups in total. The first-order chi connectivity index (χ1) is 12.5. The molecule has 26 heavy (non-hydrogen) atoms. The number of amides is 1. The summed E-state index contributed by atoms with van der Waals surface area (Å²) in [5.74, 6) is 0.791. The first-order valence-corrected chi connectivity index (χ1v) is 9.75. The number of aromatic amines is 1. The largest absolute Gasteiger partial charge is 0.492 e. The Labute approximate surface area is 163 Å². The predicted octanol–water partition coefficient (Wildman–Crippen LogP) is 4.27. The number of anilines is 1. The van der Waals surface area contributed by atoms with Gasteiger partial charge in [-0.1, -0.05) is 27.7 Å². The van der Waals surface area contributed by atoms with E-state index >= 15 is 0 Å². The van der Waals surface area contributed by atoms with Crippen LogP contribution in [-0.2, 0) is 0 Å². The van der Waals surface area contributed by atoms with Crippen LogP contribution in [0.4, 0.5) is 5.69 Å². The Hall–Kier alpha value is -1.86. The number of ether oxygens (including phenoxy) is 1. The van der Waals surface area contributed by atoms with Crippen LogP contribution in [0.3, 0.4) is 0 Å². The average molecular weight is 423 g/mol. The van der Waals surface area contributed by atoms with Crippen molar-refractivity contribution in [2.45, 2.75) is 33.6 Å². The van der Waals surface area contributed by atoms with E-state index in [2.05, 4.69) is 50.2 Å². The Morgan fingerprint density at radius 1 is 1.27 bits per heavy atom. The van der Waals surface area contributed by atoms with Crippen molar-refractivity contribution in [3.8, 4) is 5.75 Å². The molecule has 0 radical (unpaired) electrons. The van der Waals surface area contributed by atoms with Crippen LogP contribution in [-0.4, -0.2) is 47.2 Å². The average Bonchev–Trinajstić information content (AvgIpc) is 3.02. The van der Waals surface area contributed by atoms with E-state index in [1.54, 1.807) is 0 Å². The van der Waals surface area contributed by atoms with Gasteiger partial charge >= 0.3 is 0 Å². The summed E-state index contributed by atoms with van der Waals surface area (Å²) in [5, 5.41) is 9.88. The standard InChI is InChI=1S/C19H27BrN4O2/c1-5-24(6-2)11-12-26-15-9-7-14(8-10-15)21-19(25)18-16(20)17(13(3)4)22-23-18/h7-10,13H,5-6,11-12H2,1-4H3,(H,21,25)(H,22,23). The highest BCUT2D eigenvalue weighted by atomic mass is 79.9. The van der Waals surface area contributed by atoms with Gasteiger partial charge in [-0.2, -0.15) is 5.10 Å². The summed E-state index contributed by atoms with van der Waals surface area (Å²) in [4.78, 5) is 14.7. The fraction of sp³-hybridized carbons (Fsp3) is 0.474. The number of benzene rings is 1. The summed E-state index contributed by atoms with van der Waals surface area (Å²) in [5.41, 5.74) is 1.97. The molecule has 0 aliphatic carbocycles. The van der Waals surface area contributed by atoms with E-state index in [1.165, 1.54) is 0 Å². The first kappa shape index (κ1) is 20.5. The molecule has 1 aromatic carbocycles. The molecular weight excluding hydrogens is 396 g/mol. The van der Waals surface area contributed by atoms with Gasteiger partial charge in [0.1, 0.15) is 12.4 Å². The second-order valence-electron chi connectivity index (χ2n) is 6.31. The Bertz CT molecular complexity index is 709. The minimum Gasteiger partial charge on any atom is -0.492 e. The molecule has 0 bridgehead atoms. The lowest BCUT2D eigenvalue weighted by molar-refractivity contribution is 0.102. The molecule has 1 aromatic heterocycles. The van der Waals surface area contributed by atoms with Crippen molar-refractivity contribution >= 4 is 27.5 Å². The van der Waals surface area contributed by atoms with E-state index in [0.29, 0.717) is 22.5 Å².